The lowest BCUT2D eigenvalue weighted by molar-refractivity contribution is -0.0190. The molecule has 16 heteroatoms. The van der Waals surface area contributed by atoms with Gasteiger partial charge in [-0.3, -0.25) is 4.79 Å². The predicted molar refractivity (Wildman–Crippen MR) is 181 cm³/mol. The number of Topliss-reactive ketones (excluding diaryl/α,β-unsaturated/α-hetero) is 1. The molecule has 4 aromatic rings. The van der Waals surface area contributed by atoms with Crippen molar-refractivity contribution >= 4 is 17.8 Å². The molecule has 0 fully saturated rings. The molecular formula is C37H32O16. The van der Waals surface area contributed by atoms with E-state index >= 15 is 0 Å². The van der Waals surface area contributed by atoms with Gasteiger partial charge in [0.25, 0.3) is 0 Å². The van der Waals surface area contributed by atoms with Gasteiger partial charge in [-0.1, -0.05) is 12.7 Å². The van der Waals surface area contributed by atoms with Crippen LogP contribution in [0.3, 0.4) is 0 Å². The van der Waals surface area contributed by atoms with Gasteiger partial charge in [-0.2, -0.15) is 0 Å². The number of carbonyl (C=O) groups is 2. The van der Waals surface area contributed by atoms with Crippen LogP contribution >= 0.6 is 0 Å². The number of ketones is 1. The minimum absolute atomic E-state index is 0.0319. The van der Waals surface area contributed by atoms with Gasteiger partial charge < -0.3 is 70.4 Å². The van der Waals surface area contributed by atoms with Crippen molar-refractivity contribution in [3.05, 3.63) is 93.8 Å². The van der Waals surface area contributed by atoms with Crippen LogP contribution in [0.5, 0.6) is 63.2 Å². The van der Waals surface area contributed by atoms with Gasteiger partial charge in [-0.05, 0) is 36.3 Å². The van der Waals surface area contributed by atoms with Crippen LogP contribution in [0.15, 0.2) is 60.4 Å². The number of ether oxygens (including phenoxy) is 3. The molecule has 0 saturated carbocycles. The fourth-order valence-electron chi connectivity index (χ4n) is 6.37. The Labute approximate surface area is 298 Å². The molecule has 0 aromatic heterocycles. The van der Waals surface area contributed by atoms with Gasteiger partial charge in [0.2, 0.25) is 5.78 Å². The molecular weight excluding hydrogens is 700 g/mol. The summed E-state index contributed by atoms with van der Waals surface area (Å²) in [6, 6.07) is 6.99. The molecule has 4 aromatic carbocycles. The average Bonchev–Trinajstić information content (AvgIpc) is 3.08. The molecule has 0 bridgehead atoms. The van der Waals surface area contributed by atoms with Gasteiger partial charge in [0.1, 0.15) is 46.7 Å². The topological polar surface area (TPSA) is 284 Å². The summed E-state index contributed by atoms with van der Waals surface area (Å²) in [5.74, 6) is -9.67. The van der Waals surface area contributed by atoms with E-state index in [1.807, 2.05) is 0 Å². The zero-order valence-corrected chi connectivity index (χ0v) is 27.5. The van der Waals surface area contributed by atoms with E-state index < -0.39 is 93.3 Å². The number of aliphatic hydroxyl groups excluding tert-OH is 2. The zero-order valence-electron chi connectivity index (χ0n) is 27.5. The Kier molecular flexibility index (Phi) is 9.01. The molecule has 2 heterocycles. The highest BCUT2D eigenvalue weighted by atomic mass is 16.6. The summed E-state index contributed by atoms with van der Waals surface area (Å²) in [7, 11) is 0. The molecule has 53 heavy (non-hydrogen) atoms. The Morgan fingerprint density at radius 1 is 0.755 bits per heavy atom. The summed E-state index contributed by atoms with van der Waals surface area (Å²) in [5.41, 5.74) is -1.19. The lowest BCUT2D eigenvalue weighted by Crippen LogP contribution is -2.38. The maximum atomic E-state index is 13.4. The predicted octanol–water partition coefficient (Wildman–Crippen LogP) is 3.96. The molecule has 276 valence electrons. The highest BCUT2D eigenvalue weighted by Gasteiger charge is 2.40. The third-order valence-electron chi connectivity index (χ3n) is 8.89. The van der Waals surface area contributed by atoms with E-state index in [0.29, 0.717) is 0 Å². The summed E-state index contributed by atoms with van der Waals surface area (Å²) in [6.45, 7) is 4.70. The maximum Gasteiger partial charge on any atom is 0.338 e. The van der Waals surface area contributed by atoms with Crippen molar-refractivity contribution in [3.63, 3.8) is 0 Å². The van der Waals surface area contributed by atoms with Crippen molar-refractivity contribution < 1.29 is 80.0 Å². The number of benzene rings is 4. The van der Waals surface area contributed by atoms with Gasteiger partial charge in [-0.15, -0.1) is 0 Å². The van der Waals surface area contributed by atoms with Crippen molar-refractivity contribution in [1.82, 2.24) is 0 Å². The second-order valence-electron chi connectivity index (χ2n) is 12.5. The van der Waals surface area contributed by atoms with Gasteiger partial charge in [0, 0.05) is 53.8 Å². The molecule has 16 nitrogen and oxygen atoms in total. The molecule has 0 saturated heterocycles. The van der Waals surface area contributed by atoms with Crippen LogP contribution in [0, 0.1) is 0 Å². The fourth-order valence-corrected chi connectivity index (χ4v) is 6.37. The van der Waals surface area contributed by atoms with Crippen LogP contribution in [0.25, 0.3) is 6.08 Å². The van der Waals surface area contributed by atoms with Crippen LogP contribution in [-0.2, 0) is 17.6 Å². The Hall–Kier alpha value is -6.94. The number of allylic oxidation sites excluding steroid dienone is 1. The zero-order chi connectivity index (χ0) is 38.6. The smallest absolute Gasteiger partial charge is 0.338 e. The molecule has 0 spiro atoms. The van der Waals surface area contributed by atoms with Crippen molar-refractivity contribution in [2.45, 2.75) is 44.2 Å². The van der Waals surface area contributed by atoms with E-state index in [0.717, 1.165) is 36.4 Å². The van der Waals surface area contributed by atoms with Crippen molar-refractivity contribution in [2.75, 3.05) is 0 Å². The average molecular weight is 733 g/mol. The first-order chi connectivity index (χ1) is 24.9. The number of aromatic hydroxyl groups is 9. The highest BCUT2D eigenvalue weighted by molar-refractivity contribution is 6.11. The van der Waals surface area contributed by atoms with E-state index in [2.05, 4.69) is 6.58 Å². The summed E-state index contributed by atoms with van der Waals surface area (Å²) < 4.78 is 17.8. The Balaban J connectivity index is 1.53. The van der Waals surface area contributed by atoms with E-state index in [4.69, 9.17) is 14.2 Å². The van der Waals surface area contributed by atoms with Crippen molar-refractivity contribution in [2.24, 2.45) is 0 Å². The molecule has 0 aliphatic carbocycles. The Morgan fingerprint density at radius 3 is 1.89 bits per heavy atom. The maximum absolute atomic E-state index is 13.4. The molecule has 11 N–H and O–H groups in total. The third-order valence-corrected chi connectivity index (χ3v) is 8.89. The first-order valence-corrected chi connectivity index (χ1v) is 15.7. The fraction of sp³-hybridized carbons (Fsp3) is 0.189. The van der Waals surface area contributed by atoms with Gasteiger partial charge >= 0.3 is 5.97 Å². The van der Waals surface area contributed by atoms with Crippen LogP contribution in [-0.4, -0.2) is 86.2 Å². The van der Waals surface area contributed by atoms with Gasteiger partial charge in [0.15, 0.2) is 40.6 Å². The molecule has 2 aliphatic heterocycles. The number of esters is 1. The molecule has 2 aliphatic rings. The number of hydrogen-bond acceptors (Lipinski definition) is 16. The molecule has 0 radical (unpaired) electrons. The number of hydrogen-bond donors (Lipinski definition) is 11. The standard InChI is InChI=1S/C37H32O16/c1-13(35-27(46)11-20-22(41)6-16(39)8-28(20)51-35)3-18-19(10-26(45)34(49)31(18)32(47)14(2)38)36-30(12-21-23(42)7-17(40)9-29(21)52-36)53-37(50)15-4-24(43)33(48)25(44)5-15/h3-10,27,30,35-36,38-46,48-49H,2,11-12H2,1H3/b13-3+/t27-,30?,35-,36?/m1/s1. The lowest BCUT2D eigenvalue weighted by atomic mass is 9.85. The number of aliphatic hydroxyl groups is 2. The molecule has 0 amide bonds. The first kappa shape index (κ1) is 35.9. The molecule has 6 rings (SSSR count). The van der Waals surface area contributed by atoms with Gasteiger partial charge in [0.05, 0.1) is 17.2 Å². The SMILES string of the molecule is C=C(O)C(=O)c1c(O)c(O)cc(C2Oc3cc(O)cc(O)c3CC2OC(=O)c2cc(O)c(O)c(O)c2)c1/C=C(\C)[C@H]1Oc2cc(O)cc(O)c2C[C@H]1O. The van der Waals surface area contributed by atoms with Crippen LogP contribution < -0.4 is 9.47 Å². The second-order valence-corrected chi connectivity index (χ2v) is 12.5. The van der Waals surface area contributed by atoms with E-state index in [9.17, 15) is 65.8 Å². The van der Waals surface area contributed by atoms with E-state index in [1.165, 1.54) is 19.1 Å². The summed E-state index contributed by atoms with van der Waals surface area (Å²) >= 11 is 0. The Bertz CT molecular complexity index is 2220. The van der Waals surface area contributed by atoms with Gasteiger partial charge in [-0.25, -0.2) is 4.79 Å². The van der Waals surface area contributed by atoms with Crippen LogP contribution in [0.2, 0.25) is 0 Å². The van der Waals surface area contributed by atoms with Crippen LogP contribution in [0.4, 0.5) is 0 Å². The molecule has 4 atom stereocenters. The third kappa shape index (κ3) is 6.54. The summed E-state index contributed by atoms with van der Waals surface area (Å²) in [4.78, 5) is 26.8. The number of rotatable bonds is 7. The number of phenols is 9. The summed E-state index contributed by atoms with van der Waals surface area (Å²) in [6.07, 6.45) is -4.82. The monoisotopic (exact) mass is 732 g/mol. The normalized spacial score (nSPS) is 19.2. The number of fused-ring (bicyclic) bond motifs is 2. The minimum atomic E-state index is -1.57. The van der Waals surface area contributed by atoms with Crippen molar-refractivity contribution in [3.8, 4) is 63.2 Å². The largest absolute Gasteiger partial charge is 0.508 e. The van der Waals surface area contributed by atoms with E-state index in [-0.39, 0.29) is 63.7 Å². The highest BCUT2D eigenvalue weighted by Crippen LogP contribution is 2.48. The minimum Gasteiger partial charge on any atom is -0.508 e. The molecule has 2 unspecified atom stereocenters. The Morgan fingerprint density at radius 2 is 1.30 bits per heavy atom. The van der Waals surface area contributed by atoms with Crippen molar-refractivity contribution in [1.29, 1.82) is 0 Å². The van der Waals surface area contributed by atoms with E-state index in [1.54, 1.807) is 0 Å². The quantitative estimate of drug-likeness (QED) is 0.0421. The number of carbonyl (C=O) groups excluding carboxylic acids is 2. The first-order valence-electron chi connectivity index (χ1n) is 15.7. The number of phenolic OH excluding ortho intramolecular Hbond substituents is 9. The summed E-state index contributed by atoms with van der Waals surface area (Å²) in [5, 5.41) is 114. The second kappa shape index (κ2) is 13.3. The van der Waals surface area contributed by atoms with Crippen LogP contribution in [0.1, 0.15) is 56.0 Å². The lowest BCUT2D eigenvalue weighted by Gasteiger charge is -2.35.